The fourth-order valence-corrected chi connectivity index (χ4v) is 3.30. The lowest BCUT2D eigenvalue weighted by molar-refractivity contribution is -0.119. The number of aromatic nitrogens is 1. The number of rotatable bonds is 4. The van der Waals surface area contributed by atoms with Gasteiger partial charge in [-0.1, -0.05) is 36.4 Å². The number of anilines is 1. The minimum Gasteiger partial charge on any atom is -0.308 e. The van der Waals surface area contributed by atoms with Gasteiger partial charge in [0.05, 0.1) is 10.8 Å². The third-order valence-corrected chi connectivity index (χ3v) is 4.73. The Balaban J connectivity index is 1.63. The third kappa shape index (κ3) is 4.36. The van der Waals surface area contributed by atoms with Gasteiger partial charge in [-0.05, 0) is 31.2 Å². The summed E-state index contributed by atoms with van der Waals surface area (Å²) in [6.45, 7) is 1.77. The zero-order chi connectivity index (χ0) is 17.6. The SMILES string of the molecule is CC(Sc1ccnc2ccccc12)C(=O)NC(=O)Nc1ccccc1. The predicted octanol–water partition coefficient (Wildman–Crippen LogP) is 4.06. The summed E-state index contributed by atoms with van der Waals surface area (Å²) in [5.41, 5.74) is 1.51. The number of hydrogen-bond donors (Lipinski definition) is 2. The summed E-state index contributed by atoms with van der Waals surface area (Å²) in [5, 5.41) is 5.57. The summed E-state index contributed by atoms with van der Waals surface area (Å²) < 4.78 is 0. The van der Waals surface area contributed by atoms with Crippen molar-refractivity contribution < 1.29 is 9.59 Å². The molecule has 25 heavy (non-hydrogen) atoms. The van der Waals surface area contributed by atoms with E-state index < -0.39 is 11.3 Å². The number of fused-ring (bicyclic) bond motifs is 1. The van der Waals surface area contributed by atoms with Crippen LogP contribution in [-0.2, 0) is 4.79 Å². The topological polar surface area (TPSA) is 71.1 Å². The number of benzene rings is 2. The number of carbonyl (C=O) groups is 2. The average Bonchev–Trinajstić information content (AvgIpc) is 2.62. The maximum atomic E-state index is 12.3. The fourth-order valence-electron chi connectivity index (χ4n) is 2.31. The van der Waals surface area contributed by atoms with E-state index in [1.807, 2.05) is 48.5 Å². The molecule has 6 heteroatoms. The molecule has 0 saturated carbocycles. The van der Waals surface area contributed by atoms with E-state index in [9.17, 15) is 9.59 Å². The molecule has 126 valence electrons. The molecule has 0 radical (unpaired) electrons. The van der Waals surface area contributed by atoms with Crippen molar-refractivity contribution in [1.82, 2.24) is 10.3 Å². The number of para-hydroxylation sites is 2. The summed E-state index contributed by atoms with van der Waals surface area (Å²) in [6.07, 6.45) is 1.72. The predicted molar refractivity (Wildman–Crippen MR) is 101 cm³/mol. The molecule has 0 aliphatic heterocycles. The highest BCUT2D eigenvalue weighted by Crippen LogP contribution is 2.29. The molecule has 3 amide bonds. The van der Waals surface area contributed by atoms with Gasteiger partial charge in [-0.2, -0.15) is 0 Å². The number of hydrogen-bond acceptors (Lipinski definition) is 4. The summed E-state index contributed by atoms with van der Waals surface area (Å²) >= 11 is 1.40. The van der Waals surface area contributed by atoms with Crippen LogP contribution in [0.1, 0.15) is 6.92 Å². The summed E-state index contributed by atoms with van der Waals surface area (Å²) in [4.78, 5) is 29.5. The molecule has 3 rings (SSSR count). The molecule has 0 spiro atoms. The van der Waals surface area contributed by atoms with Gasteiger partial charge in [-0.15, -0.1) is 11.8 Å². The minimum atomic E-state index is -0.539. The lowest BCUT2D eigenvalue weighted by atomic mass is 10.2. The van der Waals surface area contributed by atoms with E-state index in [2.05, 4.69) is 15.6 Å². The molecule has 1 aromatic heterocycles. The molecule has 0 bridgehead atoms. The summed E-state index contributed by atoms with van der Waals surface area (Å²) in [5.74, 6) is -0.348. The maximum Gasteiger partial charge on any atom is 0.325 e. The number of urea groups is 1. The largest absolute Gasteiger partial charge is 0.325 e. The van der Waals surface area contributed by atoms with Crippen LogP contribution < -0.4 is 10.6 Å². The number of amides is 3. The van der Waals surface area contributed by atoms with Crippen molar-refractivity contribution in [1.29, 1.82) is 0 Å². The summed E-state index contributed by atoms with van der Waals surface area (Å²) in [7, 11) is 0. The molecule has 1 atom stereocenters. The fraction of sp³-hybridized carbons (Fsp3) is 0.105. The van der Waals surface area contributed by atoms with Crippen LogP contribution in [0.4, 0.5) is 10.5 Å². The number of pyridine rings is 1. The molecule has 2 N–H and O–H groups in total. The van der Waals surface area contributed by atoms with Crippen molar-refractivity contribution in [2.24, 2.45) is 0 Å². The molecule has 5 nitrogen and oxygen atoms in total. The van der Waals surface area contributed by atoms with Crippen LogP contribution in [0, 0.1) is 0 Å². The van der Waals surface area contributed by atoms with Crippen molar-refractivity contribution in [2.75, 3.05) is 5.32 Å². The first-order valence-corrected chi connectivity index (χ1v) is 8.69. The molecule has 0 aliphatic rings. The molecule has 1 unspecified atom stereocenters. The Morgan fingerprint density at radius 3 is 2.52 bits per heavy atom. The monoisotopic (exact) mass is 351 g/mol. The first kappa shape index (κ1) is 17.0. The number of thioether (sulfide) groups is 1. The van der Waals surface area contributed by atoms with Crippen molar-refractivity contribution >= 4 is 40.3 Å². The molecule has 0 saturated heterocycles. The van der Waals surface area contributed by atoms with Gasteiger partial charge in [-0.25, -0.2) is 4.79 Å². The Morgan fingerprint density at radius 1 is 1.00 bits per heavy atom. The maximum absolute atomic E-state index is 12.3. The Hall–Kier alpha value is -2.86. The van der Waals surface area contributed by atoms with Gasteiger partial charge in [-0.3, -0.25) is 15.1 Å². The van der Waals surface area contributed by atoms with Crippen LogP contribution >= 0.6 is 11.8 Å². The molecular weight excluding hydrogens is 334 g/mol. The highest BCUT2D eigenvalue weighted by atomic mass is 32.2. The van der Waals surface area contributed by atoms with E-state index >= 15 is 0 Å². The molecule has 0 fully saturated rings. The third-order valence-electron chi connectivity index (χ3n) is 3.55. The van der Waals surface area contributed by atoms with E-state index in [4.69, 9.17) is 0 Å². The van der Waals surface area contributed by atoms with Gasteiger partial charge < -0.3 is 5.32 Å². The number of nitrogens with one attached hydrogen (secondary N) is 2. The van der Waals surface area contributed by atoms with E-state index in [1.165, 1.54) is 11.8 Å². The molecule has 0 aliphatic carbocycles. The number of imide groups is 1. The van der Waals surface area contributed by atoms with Gasteiger partial charge in [0.25, 0.3) is 0 Å². The smallest absolute Gasteiger partial charge is 0.308 e. The quantitative estimate of drug-likeness (QED) is 0.695. The minimum absolute atomic E-state index is 0.348. The average molecular weight is 351 g/mol. The molecule has 1 heterocycles. The van der Waals surface area contributed by atoms with E-state index in [-0.39, 0.29) is 5.91 Å². The Kier molecular flexibility index (Phi) is 5.30. The highest BCUT2D eigenvalue weighted by Gasteiger charge is 2.18. The number of carbonyl (C=O) groups excluding carboxylic acids is 2. The van der Waals surface area contributed by atoms with Crippen LogP contribution in [-0.4, -0.2) is 22.2 Å². The lowest BCUT2D eigenvalue weighted by Gasteiger charge is -2.13. The van der Waals surface area contributed by atoms with Crippen LogP contribution in [0.15, 0.2) is 71.8 Å². The van der Waals surface area contributed by atoms with E-state index in [1.54, 1.807) is 25.3 Å². The van der Waals surface area contributed by atoms with Crippen LogP contribution in [0.5, 0.6) is 0 Å². The Morgan fingerprint density at radius 2 is 1.72 bits per heavy atom. The Labute approximate surface area is 149 Å². The van der Waals surface area contributed by atoms with Gasteiger partial charge in [0.15, 0.2) is 0 Å². The van der Waals surface area contributed by atoms with Crippen molar-refractivity contribution in [3.8, 4) is 0 Å². The first-order chi connectivity index (χ1) is 12.1. The van der Waals surface area contributed by atoms with Gasteiger partial charge in [0.1, 0.15) is 0 Å². The normalized spacial score (nSPS) is 11.7. The van der Waals surface area contributed by atoms with Gasteiger partial charge in [0.2, 0.25) is 5.91 Å². The highest BCUT2D eigenvalue weighted by molar-refractivity contribution is 8.00. The second-order valence-corrected chi connectivity index (χ2v) is 6.78. The first-order valence-electron chi connectivity index (χ1n) is 7.81. The molecular formula is C19H17N3O2S. The van der Waals surface area contributed by atoms with Crippen LogP contribution in [0.2, 0.25) is 0 Å². The second kappa shape index (κ2) is 7.81. The molecule has 2 aromatic carbocycles. The number of nitrogens with zero attached hydrogens (tertiary/aromatic N) is 1. The molecule has 3 aromatic rings. The zero-order valence-electron chi connectivity index (χ0n) is 13.6. The van der Waals surface area contributed by atoms with E-state index in [0.717, 1.165) is 15.8 Å². The Bertz CT molecular complexity index is 894. The van der Waals surface area contributed by atoms with Gasteiger partial charge >= 0.3 is 6.03 Å². The van der Waals surface area contributed by atoms with Crippen LogP contribution in [0.3, 0.4) is 0 Å². The summed E-state index contributed by atoms with van der Waals surface area (Å²) in [6, 6.07) is 18.1. The van der Waals surface area contributed by atoms with Crippen molar-refractivity contribution in [2.45, 2.75) is 17.1 Å². The van der Waals surface area contributed by atoms with E-state index in [0.29, 0.717) is 5.69 Å². The lowest BCUT2D eigenvalue weighted by Crippen LogP contribution is -2.38. The van der Waals surface area contributed by atoms with Gasteiger partial charge in [0, 0.05) is 22.2 Å². The van der Waals surface area contributed by atoms with Crippen molar-refractivity contribution in [3.63, 3.8) is 0 Å². The standard InChI is InChI=1S/C19H17N3O2S/c1-13(18(23)22-19(24)21-14-7-3-2-4-8-14)25-17-11-12-20-16-10-6-5-9-15(16)17/h2-13H,1H3,(H2,21,22,23,24). The second-order valence-electron chi connectivity index (χ2n) is 5.40. The van der Waals surface area contributed by atoms with Crippen molar-refractivity contribution in [3.05, 3.63) is 66.9 Å². The van der Waals surface area contributed by atoms with Crippen LogP contribution in [0.25, 0.3) is 10.9 Å². The zero-order valence-corrected chi connectivity index (χ0v) is 14.4.